The molecule has 5 rings (SSSR count). The van der Waals surface area contributed by atoms with Crippen molar-refractivity contribution < 1.29 is 4.79 Å². The Hall–Kier alpha value is -0.900. The van der Waals surface area contributed by atoms with E-state index in [4.69, 9.17) is 0 Å². The van der Waals surface area contributed by atoms with Crippen molar-refractivity contribution in [3.8, 4) is 0 Å². The maximum absolute atomic E-state index is 12.6. The number of aromatic nitrogens is 1. The van der Waals surface area contributed by atoms with E-state index in [-0.39, 0.29) is 11.8 Å². The molecule has 1 amide bonds. The van der Waals surface area contributed by atoms with Crippen LogP contribution >= 0.6 is 15.9 Å². The largest absolute Gasteiger partial charge is 0.310 e. The second kappa shape index (κ2) is 4.83. The van der Waals surface area contributed by atoms with E-state index in [0.717, 1.165) is 16.4 Å². The summed E-state index contributed by atoms with van der Waals surface area (Å²) in [6.07, 6.45) is 6.52. The molecule has 4 bridgehead atoms. The van der Waals surface area contributed by atoms with Gasteiger partial charge in [0.15, 0.2) is 0 Å². The quantitative estimate of drug-likeness (QED) is 0.834. The SMILES string of the molecule is O=C(Nc1cccc(Br)n1)C1C2CC3CC(C2)CC1C3. The summed E-state index contributed by atoms with van der Waals surface area (Å²) in [6.45, 7) is 0. The Morgan fingerprint density at radius 3 is 2.35 bits per heavy atom. The number of carbonyl (C=O) groups is 1. The highest BCUT2D eigenvalue weighted by Gasteiger charge is 2.50. The molecule has 0 radical (unpaired) electrons. The average molecular weight is 335 g/mol. The third-order valence-electron chi connectivity index (χ3n) is 5.50. The van der Waals surface area contributed by atoms with Crippen molar-refractivity contribution in [2.24, 2.45) is 29.6 Å². The fourth-order valence-corrected chi connectivity index (χ4v) is 5.38. The lowest BCUT2D eigenvalue weighted by Crippen LogP contribution is -2.49. The molecule has 1 aromatic rings. The Morgan fingerprint density at radius 1 is 1.10 bits per heavy atom. The van der Waals surface area contributed by atoms with Crippen LogP contribution in [-0.2, 0) is 4.79 Å². The maximum Gasteiger partial charge on any atom is 0.229 e. The van der Waals surface area contributed by atoms with Gasteiger partial charge >= 0.3 is 0 Å². The molecule has 0 atom stereocenters. The first-order chi connectivity index (χ1) is 9.69. The molecular weight excluding hydrogens is 316 g/mol. The minimum absolute atomic E-state index is 0.199. The molecule has 4 aliphatic carbocycles. The fourth-order valence-electron chi connectivity index (χ4n) is 5.04. The standard InChI is InChI=1S/C16H19BrN2O/c17-13-2-1-3-14(18-13)19-16(20)15-11-5-9-4-10(7-11)8-12(15)6-9/h1-3,9-12,15H,4-8H2,(H,18,19,20). The molecule has 106 valence electrons. The molecule has 0 spiro atoms. The zero-order valence-electron chi connectivity index (χ0n) is 11.4. The van der Waals surface area contributed by atoms with E-state index in [2.05, 4.69) is 26.2 Å². The molecule has 0 aromatic carbocycles. The topological polar surface area (TPSA) is 42.0 Å². The van der Waals surface area contributed by atoms with Gasteiger partial charge in [0.05, 0.1) is 0 Å². The number of amides is 1. The smallest absolute Gasteiger partial charge is 0.229 e. The van der Waals surface area contributed by atoms with Crippen LogP contribution in [0.3, 0.4) is 0 Å². The molecule has 4 saturated carbocycles. The van der Waals surface area contributed by atoms with Gasteiger partial charge in [-0.2, -0.15) is 0 Å². The second-order valence-corrected chi connectivity index (χ2v) is 7.60. The molecule has 0 aliphatic heterocycles. The van der Waals surface area contributed by atoms with Crippen LogP contribution < -0.4 is 5.32 Å². The summed E-state index contributed by atoms with van der Waals surface area (Å²) in [5.74, 6) is 4.15. The molecule has 4 aliphatic rings. The Labute approximate surface area is 127 Å². The lowest BCUT2D eigenvalue weighted by atomic mass is 9.51. The number of hydrogen-bond acceptors (Lipinski definition) is 2. The third kappa shape index (κ3) is 2.18. The zero-order valence-corrected chi connectivity index (χ0v) is 13.0. The van der Waals surface area contributed by atoms with Crippen molar-refractivity contribution in [3.05, 3.63) is 22.8 Å². The highest BCUT2D eigenvalue weighted by Crippen LogP contribution is 2.56. The summed E-state index contributed by atoms with van der Waals surface area (Å²) in [5, 5.41) is 3.03. The van der Waals surface area contributed by atoms with Crippen molar-refractivity contribution in [2.45, 2.75) is 32.1 Å². The summed E-state index contributed by atoms with van der Waals surface area (Å²) < 4.78 is 0.764. The Kier molecular flexibility index (Phi) is 3.09. The van der Waals surface area contributed by atoms with Crippen molar-refractivity contribution in [3.63, 3.8) is 0 Å². The summed E-state index contributed by atoms with van der Waals surface area (Å²) in [5.41, 5.74) is 0. The van der Waals surface area contributed by atoms with E-state index in [1.165, 1.54) is 32.1 Å². The average Bonchev–Trinajstić information content (AvgIpc) is 2.37. The summed E-state index contributed by atoms with van der Waals surface area (Å²) in [7, 11) is 0. The van der Waals surface area contributed by atoms with Crippen molar-refractivity contribution in [1.82, 2.24) is 4.98 Å². The van der Waals surface area contributed by atoms with Gasteiger partial charge in [-0.3, -0.25) is 4.79 Å². The van der Waals surface area contributed by atoms with Gasteiger partial charge < -0.3 is 5.32 Å². The minimum Gasteiger partial charge on any atom is -0.310 e. The van der Waals surface area contributed by atoms with Gasteiger partial charge in [-0.05, 0) is 83.8 Å². The first-order valence-electron chi connectivity index (χ1n) is 7.62. The molecule has 1 N–H and O–H groups in total. The van der Waals surface area contributed by atoms with Crippen molar-refractivity contribution in [1.29, 1.82) is 0 Å². The van der Waals surface area contributed by atoms with Gasteiger partial charge in [0.2, 0.25) is 5.91 Å². The summed E-state index contributed by atoms with van der Waals surface area (Å²) in [6, 6.07) is 5.64. The number of carbonyl (C=O) groups excluding carboxylic acids is 1. The monoisotopic (exact) mass is 334 g/mol. The van der Waals surface area contributed by atoms with Crippen LogP contribution in [0.1, 0.15) is 32.1 Å². The number of pyridine rings is 1. The summed E-state index contributed by atoms with van der Waals surface area (Å²) in [4.78, 5) is 17.0. The van der Waals surface area contributed by atoms with E-state index in [9.17, 15) is 4.79 Å². The van der Waals surface area contributed by atoms with Crippen LogP contribution in [0.15, 0.2) is 22.8 Å². The predicted octanol–water partition coefficient (Wildman–Crippen LogP) is 3.85. The minimum atomic E-state index is 0.199. The lowest BCUT2D eigenvalue weighted by Gasteiger charge is -2.53. The van der Waals surface area contributed by atoms with E-state index < -0.39 is 0 Å². The number of halogens is 1. The summed E-state index contributed by atoms with van der Waals surface area (Å²) >= 11 is 3.35. The highest BCUT2D eigenvalue weighted by molar-refractivity contribution is 9.10. The Morgan fingerprint density at radius 2 is 1.75 bits per heavy atom. The van der Waals surface area contributed by atoms with Gasteiger partial charge in [0, 0.05) is 5.92 Å². The number of nitrogens with zero attached hydrogens (tertiary/aromatic N) is 1. The van der Waals surface area contributed by atoms with Crippen molar-refractivity contribution in [2.75, 3.05) is 5.32 Å². The van der Waals surface area contributed by atoms with Crippen LogP contribution in [0.25, 0.3) is 0 Å². The fraction of sp³-hybridized carbons (Fsp3) is 0.625. The van der Waals surface area contributed by atoms with Crippen LogP contribution in [0.2, 0.25) is 0 Å². The van der Waals surface area contributed by atoms with Crippen LogP contribution in [0.4, 0.5) is 5.82 Å². The molecule has 1 heterocycles. The normalized spacial score (nSPS) is 38.0. The lowest BCUT2D eigenvalue weighted by molar-refractivity contribution is -0.132. The van der Waals surface area contributed by atoms with Crippen LogP contribution in [0, 0.1) is 29.6 Å². The maximum atomic E-state index is 12.6. The number of nitrogens with one attached hydrogen (secondary N) is 1. The first-order valence-corrected chi connectivity index (χ1v) is 8.42. The van der Waals surface area contributed by atoms with E-state index in [0.29, 0.717) is 17.7 Å². The predicted molar refractivity (Wildman–Crippen MR) is 81.1 cm³/mol. The number of hydrogen-bond donors (Lipinski definition) is 1. The number of anilines is 1. The molecule has 0 unspecified atom stereocenters. The molecule has 3 nitrogen and oxygen atoms in total. The zero-order chi connectivity index (χ0) is 13.7. The third-order valence-corrected chi connectivity index (χ3v) is 5.94. The molecule has 0 saturated heterocycles. The molecule has 4 fully saturated rings. The van der Waals surface area contributed by atoms with Crippen LogP contribution in [-0.4, -0.2) is 10.9 Å². The van der Waals surface area contributed by atoms with Gasteiger partial charge in [0.1, 0.15) is 10.4 Å². The molecular formula is C16H19BrN2O. The van der Waals surface area contributed by atoms with Gasteiger partial charge in [0.25, 0.3) is 0 Å². The Bertz CT molecular complexity index is 517. The van der Waals surface area contributed by atoms with Crippen molar-refractivity contribution >= 4 is 27.7 Å². The molecule has 1 aromatic heterocycles. The number of rotatable bonds is 2. The Balaban J connectivity index is 1.51. The van der Waals surface area contributed by atoms with Crippen LogP contribution in [0.5, 0.6) is 0 Å². The highest BCUT2D eigenvalue weighted by atomic mass is 79.9. The molecule has 4 heteroatoms. The van der Waals surface area contributed by atoms with E-state index in [1.807, 2.05) is 18.2 Å². The van der Waals surface area contributed by atoms with E-state index >= 15 is 0 Å². The second-order valence-electron chi connectivity index (χ2n) is 6.79. The van der Waals surface area contributed by atoms with Gasteiger partial charge in [-0.25, -0.2) is 4.98 Å². The molecule has 20 heavy (non-hydrogen) atoms. The van der Waals surface area contributed by atoms with Gasteiger partial charge in [-0.15, -0.1) is 0 Å². The van der Waals surface area contributed by atoms with E-state index in [1.54, 1.807) is 0 Å². The van der Waals surface area contributed by atoms with Gasteiger partial charge in [-0.1, -0.05) is 6.07 Å². The first kappa shape index (κ1) is 12.8.